The van der Waals surface area contributed by atoms with Crippen molar-refractivity contribution in [3.63, 3.8) is 0 Å². The Morgan fingerprint density at radius 2 is 2.18 bits per heavy atom. The number of nitrogens with one attached hydrogen (secondary N) is 2. The van der Waals surface area contributed by atoms with Crippen molar-refractivity contribution in [3.8, 4) is 5.69 Å². The van der Waals surface area contributed by atoms with Crippen molar-refractivity contribution in [3.05, 3.63) is 42.2 Å². The third kappa shape index (κ3) is 4.05. The van der Waals surface area contributed by atoms with Crippen LogP contribution >= 0.6 is 12.4 Å². The number of carbonyl (C=O) groups excluding carboxylic acids is 1. The highest BCUT2D eigenvalue weighted by Gasteiger charge is 2.16. The van der Waals surface area contributed by atoms with E-state index >= 15 is 0 Å². The standard InChI is InChI=1S/C15H19N5O.ClH/c21-15(17-10-12-5-4-8-16-9-12)14-11-18-20(19-14)13-6-2-1-3-7-13;/h1-3,6-7,11-12,16H,4-5,8-10H2,(H,17,21);1H. The molecule has 0 saturated carbocycles. The molecule has 1 amide bonds. The predicted octanol–water partition coefficient (Wildman–Crippen LogP) is 1.42. The van der Waals surface area contributed by atoms with Crippen LogP contribution in [0.4, 0.5) is 0 Å². The molecule has 1 saturated heterocycles. The summed E-state index contributed by atoms with van der Waals surface area (Å²) in [6.07, 6.45) is 3.83. The number of nitrogens with zero attached hydrogens (tertiary/aromatic N) is 3. The van der Waals surface area contributed by atoms with E-state index in [0.29, 0.717) is 18.2 Å². The molecule has 1 aliphatic rings. The van der Waals surface area contributed by atoms with Crippen LogP contribution in [0.5, 0.6) is 0 Å². The van der Waals surface area contributed by atoms with Crippen LogP contribution in [0.2, 0.25) is 0 Å². The quantitative estimate of drug-likeness (QED) is 0.893. The van der Waals surface area contributed by atoms with Crippen LogP contribution in [0.1, 0.15) is 23.3 Å². The van der Waals surface area contributed by atoms with Crippen molar-refractivity contribution in [2.24, 2.45) is 5.92 Å². The molecule has 2 N–H and O–H groups in total. The molecular weight excluding hydrogens is 302 g/mol. The zero-order valence-electron chi connectivity index (χ0n) is 12.2. The van der Waals surface area contributed by atoms with Crippen molar-refractivity contribution >= 4 is 18.3 Å². The Hall–Kier alpha value is -1.92. The molecule has 118 valence electrons. The van der Waals surface area contributed by atoms with Crippen LogP contribution in [0.15, 0.2) is 36.5 Å². The SMILES string of the molecule is Cl.O=C(NCC1CCCNC1)c1cnn(-c2ccccc2)n1. The van der Waals surface area contributed by atoms with E-state index < -0.39 is 0 Å². The van der Waals surface area contributed by atoms with E-state index in [-0.39, 0.29) is 18.3 Å². The van der Waals surface area contributed by atoms with Crippen LogP contribution < -0.4 is 10.6 Å². The van der Waals surface area contributed by atoms with Crippen molar-refractivity contribution in [2.75, 3.05) is 19.6 Å². The van der Waals surface area contributed by atoms with Gasteiger partial charge in [-0.05, 0) is 44.0 Å². The summed E-state index contributed by atoms with van der Waals surface area (Å²) in [6, 6.07) is 9.55. The Bertz CT molecular complexity index is 595. The van der Waals surface area contributed by atoms with E-state index in [4.69, 9.17) is 0 Å². The number of hydrogen-bond donors (Lipinski definition) is 2. The summed E-state index contributed by atoms with van der Waals surface area (Å²) in [5.41, 5.74) is 1.19. The molecule has 1 fully saturated rings. The Morgan fingerprint density at radius 3 is 2.91 bits per heavy atom. The van der Waals surface area contributed by atoms with Gasteiger partial charge in [-0.3, -0.25) is 4.79 Å². The van der Waals surface area contributed by atoms with Gasteiger partial charge >= 0.3 is 0 Å². The van der Waals surface area contributed by atoms with Crippen molar-refractivity contribution < 1.29 is 4.79 Å². The maximum atomic E-state index is 12.1. The number of para-hydroxylation sites is 1. The summed E-state index contributed by atoms with van der Waals surface area (Å²) in [5.74, 6) is 0.342. The van der Waals surface area contributed by atoms with Gasteiger partial charge in [0.1, 0.15) is 0 Å². The molecule has 0 bridgehead atoms. The van der Waals surface area contributed by atoms with Gasteiger partial charge in [-0.2, -0.15) is 9.90 Å². The van der Waals surface area contributed by atoms with Gasteiger partial charge in [0, 0.05) is 6.54 Å². The first kappa shape index (κ1) is 16.5. The minimum atomic E-state index is -0.164. The maximum Gasteiger partial charge on any atom is 0.273 e. The van der Waals surface area contributed by atoms with E-state index in [2.05, 4.69) is 20.8 Å². The van der Waals surface area contributed by atoms with E-state index in [1.807, 2.05) is 30.3 Å². The fraction of sp³-hybridized carbons (Fsp3) is 0.400. The van der Waals surface area contributed by atoms with Crippen LogP contribution in [-0.4, -0.2) is 40.5 Å². The Labute approximate surface area is 135 Å². The van der Waals surface area contributed by atoms with Crippen LogP contribution in [-0.2, 0) is 0 Å². The van der Waals surface area contributed by atoms with Crippen molar-refractivity contribution in [1.82, 2.24) is 25.6 Å². The number of rotatable bonds is 4. The highest BCUT2D eigenvalue weighted by molar-refractivity contribution is 5.91. The Balaban J connectivity index is 0.00000176. The van der Waals surface area contributed by atoms with Gasteiger partial charge in [0.05, 0.1) is 11.9 Å². The molecule has 0 spiro atoms. The van der Waals surface area contributed by atoms with Gasteiger partial charge in [-0.1, -0.05) is 18.2 Å². The van der Waals surface area contributed by atoms with Crippen molar-refractivity contribution in [1.29, 1.82) is 0 Å². The lowest BCUT2D eigenvalue weighted by Gasteiger charge is -2.22. The lowest BCUT2D eigenvalue weighted by molar-refractivity contribution is 0.0939. The number of amides is 1. The average molecular weight is 322 g/mol. The molecule has 7 heteroatoms. The summed E-state index contributed by atoms with van der Waals surface area (Å²) in [7, 11) is 0. The van der Waals surface area contributed by atoms with Crippen LogP contribution in [0.25, 0.3) is 5.69 Å². The molecule has 1 aromatic heterocycles. The third-order valence-corrected chi connectivity index (χ3v) is 3.66. The first-order valence-electron chi connectivity index (χ1n) is 7.29. The van der Waals surface area contributed by atoms with Gasteiger partial charge < -0.3 is 10.6 Å². The summed E-state index contributed by atoms with van der Waals surface area (Å²) in [4.78, 5) is 13.6. The smallest absolute Gasteiger partial charge is 0.273 e. The van der Waals surface area contributed by atoms with E-state index in [0.717, 1.165) is 25.2 Å². The largest absolute Gasteiger partial charge is 0.350 e. The fourth-order valence-electron chi connectivity index (χ4n) is 2.48. The van der Waals surface area contributed by atoms with Gasteiger partial charge in [0.15, 0.2) is 5.69 Å². The molecule has 2 aromatic rings. The molecule has 2 heterocycles. The molecule has 0 radical (unpaired) electrons. The minimum absolute atomic E-state index is 0. The normalized spacial score (nSPS) is 17.5. The predicted molar refractivity (Wildman–Crippen MR) is 86.5 cm³/mol. The van der Waals surface area contributed by atoms with Gasteiger partial charge in [0.25, 0.3) is 5.91 Å². The number of halogens is 1. The summed E-state index contributed by atoms with van der Waals surface area (Å²) < 4.78 is 0. The molecule has 1 aliphatic heterocycles. The minimum Gasteiger partial charge on any atom is -0.350 e. The number of carbonyl (C=O) groups is 1. The van der Waals surface area contributed by atoms with Crippen molar-refractivity contribution in [2.45, 2.75) is 12.8 Å². The highest BCUT2D eigenvalue weighted by atomic mass is 35.5. The molecule has 22 heavy (non-hydrogen) atoms. The molecule has 1 aromatic carbocycles. The van der Waals surface area contributed by atoms with Crippen LogP contribution in [0, 0.1) is 5.92 Å². The Kier molecular flexibility index (Phi) is 5.91. The molecule has 1 unspecified atom stereocenters. The molecule has 1 atom stereocenters. The summed E-state index contributed by atoms with van der Waals surface area (Å²) >= 11 is 0. The second-order valence-electron chi connectivity index (χ2n) is 5.28. The van der Waals surface area contributed by atoms with Gasteiger partial charge in [-0.15, -0.1) is 17.5 Å². The zero-order chi connectivity index (χ0) is 14.5. The average Bonchev–Trinajstić information content (AvgIpc) is 3.04. The third-order valence-electron chi connectivity index (χ3n) is 3.66. The number of aromatic nitrogens is 3. The number of hydrogen-bond acceptors (Lipinski definition) is 4. The Morgan fingerprint density at radius 1 is 1.36 bits per heavy atom. The van der Waals surface area contributed by atoms with E-state index in [9.17, 15) is 4.79 Å². The van der Waals surface area contributed by atoms with Crippen LogP contribution in [0.3, 0.4) is 0 Å². The summed E-state index contributed by atoms with van der Waals surface area (Å²) in [6.45, 7) is 2.73. The molecule has 0 aliphatic carbocycles. The second kappa shape index (κ2) is 7.91. The molecular formula is C15H20ClN5O. The monoisotopic (exact) mass is 321 g/mol. The maximum absolute atomic E-state index is 12.1. The fourth-order valence-corrected chi connectivity index (χ4v) is 2.48. The van der Waals surface area contributed by atoms with E-state index in [1.165, 1.54) is 17.4 Å². The lowest BCUT2D eigenvalue weighted by Crippen LogP contribution is -2.38. The van der Waals surface area contributed by atoms with Gasteiger partial charge in [0.2, 0.25) is 0 Å². The first-order valence-corrected chi connectivity index (χ1v) is 7.29. The topological polar surface area (TPSA) is 71.8 Å². The number of piperidine rings is 1. The second-order valence-corrected chi connectivity index (χ2v) is 5.28. The highest BCUT2D eigenvalue weighted by Crippen LogP contribution is 2.09. The first-order chi connectivity index (χ1) is 10.3. The lowest BCUT2D eigenvalue weighted by atomic mass is 10.00. The molecule has 3 rings (SSSR count). The van der Waals surface area contributed by atoms with Gasteiger partial charge in [-0.25, -0.2) is 0 Å². The summed E-state index contributed by atoms with van der Waals surface area (Å²) in [5, 5.41) is 14.6. The molecule has 6 nitrogen and oxygen atoms in total. The number of benzene rings is 1. The zero-order valence-corrected chi connectivity index (χ0v) is 13.1. The van der Waals surface area contributed by atoms with E-state index in [1.54, 1.807) is 0 Å².